The first-order valence-electron chi connectivity index (χ1n) is 4.44. The summed E-state index contributed by atoms with van der Waals surface area (Å²) in [6.45, 7) is 3.93. The van der Waals surface area contributed by atoms with E-state index in [9.17, 15) is 4.79 Å². The van der Waals surface area contributed by atoms with Gasteiger partial charge in [-0.3, -0.25) is 4.79 Å². The van der Waals surface area contributed by atoms with Gasteiger partial charge in [0, 0.05) is 17.0 Å². The van der Waals surface area contributed by atoms with E-state index in [0.717, 1.165) is 17.5 Å². The molecule has 0 radical (unpaired) electrons. The molecule has 0 N–H and O–H groups in total. The van der Waals surface area contributed by atoms with Gasteiger partial charge in [0.2, 0.25) is 0 Å². The van der Waals surface area contributed by atoms with Gasteiger partial charge in [0.15, 0.2) is 5.78 Å². The van der Waals surface area contributed by atoms with Gasteiger partial charge in [-0.25, -0.2) is 0 Å². The first-order chi connectivity index (χ1) is 6.13. The van der Waals surface area contributed by atoms with Crippen molar-refractivity contribution in [2.24, 2.45) is 0 Å². The Morgan fingerprint density at radius 1 is 1.38 bits per heavy atom. The number of benzene rings is 1. The van der Waals surface area contributed by atoms with E-state index in [1.807, 2.05) is 26.0 Å². The molecule has 1 aromatic rings. The normalized spacial score (nSPS) is 10.1. The number of hydrogen-bond acceptors (Lipinski definition) is 1. The van der Waals surface area contributed by atoms with Gasteiger partial charge in [0.05, 0.1) is 0 Å². The number of hydrogen-bond donors (Lipinski definition) is 0. The molecule has 0 unspecified atom stereocenters. The van der Waals surface area contributed by atoms with Crippen LogP contribution in [0.25, 0.3) is 0 Å². The molecule has 0 aliphatic rings. The maximum atomic E-state index is 11.5. The number of rotatable bonds is 3. The Bertz CT molecular complexity index is 298. The van der Waals surface area contributed by atoms with Crippen molar-refractivity contribution < 1.29 is 4.79 Å². The number of ketones is 1. The number of Topliss-reactive ketones (excluding diaryl/α,β-unsaturated/α-hetero) is 1. The second-order valence-corrected chi connectivity index (χ2v) is 3.63. The highest BCUT2D eigenvalue weighted by atomic mass is 35.5. The van der Waals surface area contributed by atoms with Crippen LogP contribution in [0.1, 0.15) is 35.7 Å². The third-order valence-corrected chi connectivity index (χ3v) is 2.06. The topological polar surface area (TPSA) is 17.1 Å². The SMILES string of the molecule is CCCC(=O)c1cc(C)cc(Cl)c1. The van der Waals surface area contributed by atoms with Crippen LogP contribution < -0.4 is 0 Å². The molecule has 0 aromatic heterocycles. The van der Waals surface area contributed by atoms with Crippen LogP contribution in [-0.4, -0.2) is 5.78 Å². The molecule has 0 saturated carbocycles. The highest BCUT2D eigenvalue weighted by Crippen LogP contribution is 2.16. The average Bonchev–Trinajstić information content (AvgIpc) is 2.03. The molecule has 0 saturated heterocycles. The summed E-state index contributed by atoms with van der Waals surface area (Å²) < 4.78 is 0. The predicted octanol–water partition coefficient (Wildman–Crippen LogP) is 3.63. The molecule has 0 atom stereocenters. The number of carbonyl (C=O) groups excluding carboxylic acids is 1. The summed E-state index contributed by atoms with van der Waals surface area (Å²) in [5.74, 6) is 0.174. The summed E-state index contributed by atoms with van der Waals surface area (Å²) >= 11 is 5.84. The Hall–Kier alpha value is -0.820. The van der Waals surface area contributed by atoms with Crippen molar-refractivity contribution in [3.8, 4) is 0 Å². The van der Waals surface area contributed by atoms with E-state index < -0.39 is 0 Å². The van der Waals surface area contributed by atoms with Crippen molar-refractivity contribution in [1.29, 1.82) is 0 Å². The minimum Gasteiger partial charge on any atom is -0.294 e. The molecule has 2 heteroatoms. The van der Waals surface area contributed by atoms with Gasteiger partial charge in [-0.05, 0) is 37.1 Å². The van der Waals surface area contributed by atoms with E-state index >= 15 is 0 Å². The highest BCUT2D eigenvalue weighted by Gasteiger charge is 2.05. The smallest absolute Gasteiger partial charge is 0.162 e. The molecule has 0 aliphatic carbocycles. The number of halogens is 1. The molecular weight excluding hydrogens is 184 g/mol. The van der Waals surface area contributed by atoms with E-state index in [0.29, 0.717) is 11.4 Å². The van der Waals surface area contributed by atoms with Crippen LogP contribution in [0.3, 0.4) is 0 Å². The third-order valence-electron chi connectivity index (χ3n) is 1.84. The molecule has 0 aliphatic heterocycles. The maximum Gasteiger partial charge on any atom is 0.162 e. The van der Waals surface area contributed by atoms with Gasteiger partial charge in [0.25, 0.3) is 0 Å². The van der Waals surface area contributed by atoms with Crippen LogP contribution in [0.15, 0.2) is 18.2 Å². The summed E-state index contributed by atoms with van der Waals surface area (Å²) in [4.78, 5) is 11.5. The molecule has 1 aromatic carbocycles. The average molecular weight is 197 g/mol. The zero-order valence-corrected chi connectivity index (χ0v) is 8.69. The number of carbonyl (C=O) groups is 1. The zero-order valence-electron chi connectivity index (χ0n) is 7.93. The summed E-state index contributed by atoms with van der Waals surface area (Å²) in [5, 5.41) is 0.638. The maximum absolute atomic E-state index is 11.5. The van der Waals surface area contributed by atoms with Gasteiger partial charge >= 0.3 is 0 Å². The first-order valence-corrected chi connectivity index (χ1v) is 4.81. The lowest BCUT2D eigenvalue weighted by Gasteiger charge is -2.01. The van der Waals surface area contributed by atoms with Crippen LogP contribution in [0.5, 0.6) is 0 Å². The summed E-state index contributed by atoms with van der Waals surface area (Å²) in [7, 11) is 0. The lowest BCUT2D eigenvalue weighted by Crippen LogP contribution is -1.98. The van der Waals surface area contributed by atoms with Crippen LogP contribution in [0.4, 0.5) is 0 Å². The minimum atomic E-state index is 0.174. The van der Waals surface area contributed by atoms with Crippen LogP contribution in [-0.2, 0) is 0 Å². The fourth-order valence-electron chi connectivity index (χ4n) is 1.27. The Morgan fingerprint density at radius 2 is 2.08 bits per heavy atom. The second kappa shape index (κ2) is 4.43. The summed E-state index contributed by atoms with van der Waals surface area (Å²) in [5.41, 5.74) is 1.76. The molecule has 0 bridgehead atoms. The summed E-state index contributed by atoms with van der Waals surface area (Å²) in [6.07, 6.45) is 1.48. The van der Waals surface area contributed by atoms with Crippen molar-refractivity contribution >= 4 is 17.4 Å². The van der Waals surface area contributed by atoms with Gasteiger partial charge in [-0.1, -0.05) is 18.5 Å². The zero-order chi connectivity index (χ0) is 9.84. The van der Waals surface area contributed by atoms with Gasteiger partial charge < -0.3 is 0 Å². The van der Waals surface area contributed by atoms with Crippen molar-refractivity contribution in [2.45, 2.75) is 26.7 Å². The molecule has 70 valence electrons. The Morgan fingerprint density at radius 3 is 2.62 bits per heavy atom. The second-order valence-electron chi connectivity index (χ2n) is 3.19. The molecule has 13 heavy (non-hydrogen) atoms. The van der Waals surface area contributed by atoms with E-state index in [1.165, 1.54) is 0 Å². The fourth-order valence-corrected chi connectivity index (χ4v) is 1.56. The van der Waals surface area contributed by atoms with Crippen LogP contribution in [0, 0.1) is 6.92 Å². The van der Waals surface area contributed by atoms with Crippen molar-refractivity contribution in [3.05, 3.63) is 34.3 Å². The van der Waals surface area contributed by atoms with Crippen molar-refractivity contribution in [2.75, 3.05) is 0 Å². The molecule has 0 amide bonds. The predicted molar refractivity (Wildman–Crippen MR) is 55.4 cm³/mol. The molecule has 1 nitrogen and oxygen atoms in total. The van der Waals surface area contributed by atoms with E-state index in [1.54, 1.807) is 6.07 Å². The standard InChI is InChI=1S/C11H13ClO/c1-3-4-11(13)9-5-8(2)6-10(12)7-9/h5-7H,3-4H2,1-2H3. The van der Waals surface area contributed by atoms with E-state index in [-0.39, 0.29) is 5.78 Å². The van der Waals surface area contributed by atoms with Gasteiger partial charge in [-0.15, -0.1) is 0 Å². The minimum absolute atomic E-state index is 0.174. The quantitative estimate of drug-likeness (QED) is 0.675. The van der Waals surface area contributed by atoms with Crippen molar-refractivity contribution in [1.82, 2.24) is 0 Å². The van der Waals surface area contributed by atoms with E-state index in [2.05, 4.69) is 0 Å². The van der Waals surface area contributed by atoms with Gasteiger partial charge in [0.1, 0.15) is 0 Å². The molecular formula is C11H13ClO. The van der Waals surface area contributed by atoms with Crippen LogP contribution >= 0.6 is 11.6 Å². The van der Waals surface area contributed by atoms with Crippen molar-refractivity contribution in [3.63, 3.8) is 0 Å². The highest BCUT2D eigenvalue weighted by molar-refractivity contribution is 6.31. The molecule has 0 spiro atoms. The van der Waals surface area contributed by atoms with Gasteiger partial charge in [-0.2, -0.15) is 0 Å². The Balaban J connectivity index is 2.94. The first kappa shape index (κ1) is 10.3. The Labute approximate surface area is 83.7 Å². The third kappa shape index (κ3) is 2.85. The summed E-state index contributed by atoms with van der Waals surface area (Å²) in [6, 6.07) is 5.46. The number of aryl methyl sites for hydroxylation is 1. The fraction of sp³-hybridized carbons (Fsp3) is 0.364. The largest absolute Gasteiger partial charge is 0.294 e. The molecule has 1 rings (SSSR count). The van der Waals surface area contributed by atoms with E-state index in [4.69, 9.17) is 11.6 Å². The monoisotopic (exact) mass is 196 g/mol. The lowest BCUT2D eigenvalue weighted by molar-refractivity contribution is 0.0981. The van der Waals surface area contributed by atoms with Crippen LogP contribution in [0.2, 0.25) is 5.02 Å². The Kier molecular flexibility index (Phi) is 3.49. The lowest BCUT2D eigenvalue weighted by atomic mass is 10.0. The molecule has 0 fully saturated rings. The molecule has 0 heterocycles.